The van der Waals surface area contributed by atoms with Gasteiger partial charge in [0.15, 0.2) is 6.04 Å². The molecule has 0 fully saturated rings. The number of phenols is 1. The predicted octanol–water partition coefficient (Wildman–Crippen LogP) is 0.739. The predicted molar refractivity (Wildman–Crippen MR) is 59.4 cm³/mol. The maximum Gasteiger partial charge on any atom is 0.329 e. The molecule has 0 aliphatic heterocycles. The number of aliphatic carboxylic acids is 2. The van der Waals surface area contributed by atoms with Gasteiger partial charge in [0, 0.05) is 11.8 Å². The van der Waals surface area contributed by atoms with Crippen LogP contribution in [0, 0.1) is 0 Å². The molecule has 1 atom stereocenters. The normalized spacial score (nSPS) is 12.5. The highest BCUT2D eigenvalue weighted by molar-refractivity contribution is 5.87. The molecule has 3 N–H and O–H groups in total. The lowest BCUT2D eigenvalue weighted by atomic mass is 10.2. The summed E-state index contributed by atoms with van der Waals surface area (Å²) in [6, 6.07) is 4.87. The maximum absolute atomic E-state index is 10.7. The minimum atomic E-state index is -1.35. The van der Waals surface area contributed by atoms with Crippen LogP contribution < -0.4 is 0 Å². The third-order valence-corrected chi connectivity index (χ3v) is 1.98. The lowest BCUT2D eigenvalue weighted by Crippen LogP contribution is -2.21. The third-order valence-electron chi connectivity index (χ3n) is 1.98. The van der Waals surface area contributed by atoms with Crippen molar-refractivity contribution in [1.82, 2.24) is 0 Å². The van der Waals surface area contributed by atoms with E-state index in [2.05, 4.69) is 4.99 Å². The fourth-order valence-electron chi connectivity index (χ4n) is 1.14. The van der Waals surface area contributed by atoms with Gasteiger partial charge < -0.3 is 15.3 Å². The molecular formula is C11H11NO5. The molecule has 0 spiro atoms. The zero-order valence-electron chi connectivity index (χ0n) is 8.78. The smallest absolute Gasteiger partial charge is 0.329 e. The summed E-state index contributed by atoms with van der Waals surface area (Å²) in [5, 5.41) is 26.6. The number of hydrogen-bond donors (Lipinski definition) is 3. The molecule has 17 heavy (non-hydrogen) atoms. The van der Waals surface area contributed by atoms with Gasteiger partial charge in [0.25, 0.3) is 0 Å². The van der Waals surface area contributed by atoms with Crippen LogP contribution in [0.15, 0.2) is 29.3 Å². The lowest BCUT2D eigenvalue weighted by molar-refractivity contribution is -0.144. The Morgan fingerprint density at radius 2 is 1.94 bits per heavy atom. The minimum absolute atomic E-state index is 0.0456. The fourth-order valence-corrected chi connectivity index (χ4v) is 1.14. The Morgan fingerprint density at radius 1 is 1.29 bits per heavy atom. The highest BCUT2D eigenvalue weighted by atomic mass is 16.4. The number of aliphatic imine (C=N–C) groups is 1. The number of benzene rings is 1. The summed E-state index contributed by atoms with van der Waals surface area (Å²) in [5.41, 5.74) is 0.337. The molecule has 1 aromatic rings. The molecule has 0 saturated carbocycles. The van der Waals surface area contributed by atoms with Crippen molar-refractivity contribution < 1.29 is 24.9 Å². The maximum atomic E-state index is 10.7. The Hall–Kier alpha value is -2.37. The Kier molecular flexibility index (Phi) is 4.21. The first-order valence-corrected chi connectivity index (χ1v) is 4.76. The van der Waals surface area contributed by atoms with Gasteiger partial charge in [0.05, 0.1) is 6.42 Å². The molecule has 0 saturated heterocycles. The van der Waals surface area contributed by atoms with Crippen LogP contribution in [0.5, 0.6) is 5.75 Å². The van der Waals surface area contributed by atoms with Gasteiger partial charge in [-0.15, -0.1) is 0 Å². The average Bonchev–Trinajstić information content (AvgIpc) is 2.25. The average molecular weight is 237 g/mol. The number of para-hydroxylation sites is 1. The fraction of sp³-hybridized carbons (Fsp3) is 0.182. The van der Waals surface area contributed by atoms with Crippen molar-refractivity contribution in [3.05, 3.63) is 29.8 Å². The van der Waals surface area contributed by atoms with Crippen molar-refractivity contribution in [2.24, 2.45) is 4.99 Å². The molecule has 1 aromatic carbocycles. The second-order valence-electron chi connectivity index (χ2n) is 3.29. The molecule has 90 valence electrons. The summed E-state index contributed by atoms with van der Waals surface area (Å²) in [4.78, 5) is 24.7. The van der Waals surface area contributed by atoms with Crippen molar-refractivity contribution in [3.8, 4) is 5.75 Å². The van der Waals surface area contributed by atoms with E-state index in [0.29, 0.717) is 5.56 Å². The molecule has 1 rings (SSSR count). The SMILES string of the molecule is O=C(O)C[C@H](N=Cc1ccccc1O)C(=O)O. The molecule has 0 aliphatic carbocycles. The summed E-state index contributed by atoms with van der Waals surface area (Å²) < 4.78 is 0. The Balaban J connectivity index is 2.83. The second kappa shape index (κ2) is 5.64. The molecule has 0 radical (unpaired) electrons. The van der Waals surface area contributed by atoms with Crippen LogP contribution >= 0.6 is 0 Å². The molecule has 0 amide bonds. The molecular weight excluding hydrogens is 226 g/mol. The Bertz CT molecular complexity index is 455. The number of rotatable bonds is 5. The van der Waals surface area contributed by atoms with Gasteiger partial charge in [-0.2, -0.15) is 0 Å². The van der Waals surface area contributed by atoms with Crippen molar-refractivity contribution in [2.75, 3.05) is 0 Å². The van der Waals surface area contributed by atoms with Gasteiger partial charge in [0.1, 0.15) is 5.75 Å². The van der Waals surface area contributed by atoms with E-state index in [4.69, 9.17) is 10.2 Å². The Labute approximate surface area is 96.9 Å². The first kappa shape index (κ1) is 12.7. The minimum Gasteiger partial charge on any atom is -0.507 e. The quantitative estimate of drug-likeness (QED) is 0.654. The van der Waals surface area contributed by atoms with Crippen molar-refractivity contribution >= 4 is 18.2 Å². The summed E-state index contributed by atoms with van der Waals surface area (Å²) >= 11 is 0. The van der Waals surface area contributed by atoms with Crippen LogP contribution in [0.1, 0.15) is 12.0 Å². The largest absolute Gasteiger partial charge is 0.507 e. The zero-order chi connectivity index (χ0) is 12.8. The molecule has 0 bridgehead atoms. The number of carbonyl (C=O) groups is 2. The van der Waals surface area contributed by atoms with Crippen LogP contribution in [0.3, 0.4) is 0 Å². The van der Waals surface area contributed by atoms with Crippen LogP contribution in [0.25, 0.3) is 0 Å². The zero-order valence-corrected chi connectivity index (χ0v) is 8.78. The van der Waals surface area contributed by atoms with Crippen molar-refractivity contribution in [3.63, 3.8) is 0 Å². The van der Waals surface area contributed by atoms with Crippen LogP contribution in [-0.4, -0.2) is 39.5 Å². The first-order valence-electron chi connectivity index (χ1n) is 4.76. The van der Waals surface area contributed by atoms with E-state index >= 15 is 0 Å². The van der Waals surface area contributed by atoms with Crippen LogP contribution in [0.4, 0.5) is 0 Å². The summed E-state index contributed by atoms with van der Waals surface area (Å²) in [6.07, 6.45) is 0.552. The van der Waals surface area contributed by atoms with Gasteiger partial charge >= 0.3 is 11.9 Å². The third kappa shape index (κ3) is 3.94. The summed E-state index contributed by atoms with van der Waals surface area (Å²) in [7, 11) is 0. The standard InChI is InChI=1S/C11H11NO5/c13-9-4-2-1-3-7(9)6-12-8(11(16)17)5-10(14)15/h1-4,6,8,13H,5H2,(H,14,15)(H,16,17)/t8-/m0/s1. The van der Waals surface area contributed by atoms with Crippen LogP contribution in [-0.2, 0) is 9.59 Å². The van der Waals surface area contributed by atoms with Gasteiger partial charge in [-0.05, 0) is 12.1 Å². The van der Waals surface area contributed by atoms with E-state index in [1.165, 1.54) is 6.07 Å². The molecule has 6 nitrogen and oxygen atoms in total. The first-order chi connectivity index (χ1) is 8.00. The van der Waals surface area contributed by atoms with Gasteiger partial charge in [-0.3, -0.25) is 9.79 Å². The Morgan fingerprint density at radius 3 is 2.47 bits per heavy atom. The monoisotopic (exact) mass is 237 g/mol. The number of hydrogen-bond acceptors (Lipinski definition) is 4. The lowest BCUT2D eigenvalue weighted by Gasteiger charge is -2.03. The van der Waals surface area contributed by atoms with Gasteiger partial charge in [-0.25, -0.2) is 4.79 Å². The highest BCUT2D eigenvalue weighted by Gasteiger charge is 2.19. The number of aromatic hydroxyl groups is 1. The molecule has 0 heterocycles. The molecule has 0 aliphatic rings. The molecule has 0 aromatic heterocycles. The van der Waals surface area contributed by atoms with Gasteiger partial charge in [-0.1, -0.05) is 12.1 Å². The number of carboxylic acids is 2. The van der Waals surface area contributed by atoms with E-state index in [1.54, 1.807) is 18.2 Å². The number of nitrogens with zero attached hydrogens (tertiary/aromatic N) is 1. The van der Waals surface area contributed by atoms with E-state index in [0.717, 1.165) is 6.21 Å². The number of phenolic OH excluding ortho intramolecular Hbond substituents is 1. The van der Waals surface area contributed by atoms with Crippen molar-refractivity contribution in [2.45, 2.75) is 12.5 Å². The van der Waals surface area contributed by atoms with E-state index < -0.39 is 24.4 Å². The van der Waals surface area contributed by atoms with E-state index in [-0.39, 0.29) is 5.75 Å². The topological polar surface area (TPSA) is 107 Å². The van der Waals surface area contributed by atoms with Crippen LogP contribution in [0.2, 0.25) is 0 Å². The van der Waals surface area contributed by atoms with E-state index in [1.807, 2.05) is 0 Å². The van der Waals surface area contributed by atoms with Gasteiger partial charge in [0.2, 0.25) is 0 Å². The molecule has 0 unspecified atom stereocenters. The number of carboxylic acid groups (broad SMARTS) is 2. The highest BCUT2D eigenvalue weighted by Crippen LogP contribution is 2.13. The van der Waals surface area contributed by atoms with E-state index in [9.17, 15) is 14.7 Å². The summed E-state index contributed by atoms with van der Waals surface area (Å²) in [5.74, 6) is -2.61. The summed E-state index contributed by atoms with van der Waals surface area (Å²) in [6.45, 7) is 0. The molecule has 6 heteroatoms. The van der Waals surface area contributed by atoms with Crippen molar-refractivity contribution in [1.29, 1.82) is 0 Å². The second-order valence-corrected chi connectivity index (χ2v) is 3.29.